The van der Waals surface area contributed by atoms with Crippen molar-refractivity contribution < 1.29 is 17.3 Å². The predicted octanol–water partition coefficient (Wildman–Crippen LogP) is 11.1. The quantitative estimate of drug-likeness (QED) is 0.0633. The first-order chi connectivity index (χ1) is 30.0. The average molecular weight is 949 g/mol. The molecule has 61 heavy (non-hydrogen) atoms. The molecule has 0 bridgehead atoms. The molecule has 9 heteroatoms. The summed E-state index contributed by atoms with van der Waals surface area (Å²) in [5.74, 6) is 0. The van der Waals surface area contributed by atoms with E-state index >= 15 is 0 Å². The Labute approximate surface area is 384 Å². The van der Waals surface area contributed by atoms with Gasteiger partial charge in [0.2, 0.25) is 0 Å². The fourth-order valence-electron chi connectivity index (χ4n) is 8.91. The molecule has 4 aromatic carbocycles. The van der Waals surface area contributed by atoms with Gasteiger partial charge in [0.1, 0.15) is 18.7 Å². The van der Waals surface area contributed by atoms with E-state index in [0.29, 0.717) is 18.4 Å². The van der Waals surface area contributed by atoms with Crippen LogP contribution in [0.1, 0.15) is 71.1 Å². The molecule has 5 fully saturated rings. The summed E-state index contributed by atoms with van der Waals surface area (Å²) in [6, 6.07) is 42.6. The Morgan fingerprint density at radius 2 is 1.13 bits per heavy atom. The van der Waals surface area contributed by atoms with E-state index in [-0.39, 0.29) is 0 Å². The number of halogens is 1. The SMILES string of the molecule is C=CC=C1CCCCC1.CC(C=C1CCCCC1)Nc1ccccc1.Nc1ccccc1.[CH2-]N1CCN2CCN3CCN([PH+](c4ccccc4)c4ccccc4)C3[CH-]C12.[Cl][Rh+2]. The number of nitrogens with two attached hydrogens (primary N) is 1. The van der Waals surface area contributed by atoms with Gasteiger partial charge in [-0.2, -0.15) is 4.67 Å². The summed E-state index contributed by atoms with van der Waals surface area (Å²) in [6.07, 6.45) is 23.4. The van der Waals surface area contributed by atoms with E-state index in [1.807, 2.05) is 53.7 Å². The Hall–Kier alpha value is -3.12. The molecule has 5 aliphatic rings. The number of anilines is 2. The number of benzene rings is 4. The number of rotatable bonds is 7. The van der Waals surface area contributed by atoms with E-state index in [1.165, 1.54) is 80.5 Å². The number of fused-ring (bicyclic) bond motifs is 2. The molecule has 0 aromatic heterocycles. The van der Waals surface area contributed by atoms with Crippen LogP contribution in [0.2, 0.25) is 0 Å². The Bertz CT molecular complexity index is 1790. The number of hydrogen-bond donors (Lipinski definition) is 2. The summed E-state index contributed by atoms with van der Waals surface area (Å²) in [7, 11) is 7.82. The molecule has 3 aliphatic heterocycles. The van der Waals surface area contributed by atoms with Crippen LogP contribution in [0.5, 0.6) is 0 Å². The maximum absolute atomic E-state index is 5.36. The summed E-state index contributed by atoms with van der Waals surface area (Å²) in [4.78, 5) is 7.51. The molecule has 6 nitrogen and oxygen atoms in total. The van der Waals surface area contributed by atoms with Gasteiger partial charge >= 0.3 is 27.0 Å². The van der Waals surface area contributed by atoms with Crippen molar-refractivity contribution in [3.8, 4) is 0 Å². The fraction of sp³-hybridized carbons (Fsp3) is 0.385. The minimum absolute atomic E-state index is 0.371. The Balaban J connectivity index is 0.000000174. The first kappa shape index (κ1) is 48.9. The zero-order valence-electron chi connectivity index (χ0n) is 36.4. The third-order valence-electron chi connectivity index (χ3n) is 11.9. The van der Waals surface area contributed by atoms with Crippen LogP contribution in [-0.2, 0) is 17.3 Å². The van der Waals surface area contributed by atoms with Crippen molar-refractivity contribution in [1.29, 1.82) is 0 Å². The van der Waals surface area contributed by atoms with Gasteiger partial charge in [-0.3, -0.25) is 13.5 Å². The van der Waals surface area contributed by atoms with Crippen LogP contribution in [0.15, 0.2) is 157 Å². The summed E-state index contributed by atoms with van der Waals surface area (Å²) in [6.45, 7) is 12.7. The first-order valence-electron chi connectivity index (χ1n) is 22.4. The number of nitrogens with one attached hydrogen (secondary N) is 1. The van der Waals surface area contributed by atoms with Gasteiger partial charge in [0.15, 0.2) is 0 Å². The molecule has 3 saturated heterocycles. The van der Waals surface area contributed by atoms with Crippen LogP contribution in [0.25, 0.3) is 0 Å². The van der Waals surface area contributed by atoms with E-state index in [1.54, 1.807) is 11.1 Å². The van der Waals surface area contributed by atoms with E-state index in [2.05, 4.69) is 164 Å². The second kappa shape index (κ2) is 27.8. The molecule has 0 radical (unpaired) electrons. The van der Waals surface area contributed by atoms with Crippen molar-refractivity contribution in [2.75, 3.05) is 50.3 Å². The van der Waals surface area contributed by atoms with Crippen molar-refractivity contribution >= 4 is 39.7 Å². The number of nitrogen functional groups attached to an aromatic ring is 1. The zero-order chi connectivity index (χ0) is 43.1. The fourth-order valence-corrected chi connectivity index (χ4v) is 11.8. The van der Waals surface area contributed by atoms with Crippen LogP contribution in [-0.4, -0.2) is 77.0 Å². The molecule has 2 aliphatic carbocycles. The summed E-state index contributed by atoms with van der Waals surface area (Å²) in [5, 5.41) is 6.46. The van der Waals surface area contributed by atoms with E-state index < -0.39 is 8.07 Å². The van der Waals surface area contributed by atoms with Crippen molar-refractivity contribution in [3.63, 3.8) is 0 Å². The second-order valence-corrected chi connectivity index (χ2v) is 18.8. The molecule has 9 rings (SSSR count). The molecule has 328 valence electrons. The molecule has 3 atom stereocenters. The molecule has 0 amide bonds. The van der Waals surface area contributed by atoms with Crippen LogP contribution in [0.4, 0.5) is 11.4 Å². The van der Waals surface area contributed by atoms with Crippen molar-refractivity contribution in [1.82, 2.24) is 19.4 Å². The van der Waals surface area contributed by atoms with Gasteiger partial charge in [-0.25, -0.2) is 0 Å². The molecule has 3 heterocycles. The molecule has 0 spiro atoms. The normalized spacial score (nSPS) is 20.9. The molecule has 2 saturated carbocycles. The van der Waals surface area contributed by atoms with Gasteiger partial charge < -0.3 is 25.8 Å². The topological polar surface area (TPSA) is 51.0 Å². The third-order valence-corrected chi connectivity index (χ3v) is 14.8. The van der Waals surface area contributed by atoms with E-state index in [0.717, 1.165) is 45.0 Å². The summed E-state index contributed by atoms with van der Waals surface area (Å²) in [5.41, 5.74) is 10.6. The Morgan fingerprint density at radius 3 is 1.64 bits per heavy atom. The Kier molecular flexibility index (Phi) is 22.3. The van der Waals surface area contributed by atoms with Crippen molar-refractivity contribution in [2.45, 2.75) is 89.5 Å². The standard InChI is InChI=1S/C22H27N4P.C15H21N.C9H14.C6H7N.ClH.Rh/c1-23-12-13-24-14-15-25-16-17-26(22(25)18-21(23)24)27(19-8-4-2-5-9-19)20-10-6-3-7-11-20;1-13(12-14-8-4-2-5-9-14)16-15-10-6-3-7-11-15;1-2-6-9-7-4-3-5-8-9;7-6-4-2-1-3-5-6;;/h2-11,18,21-22H,1,12-17H2;3,6-7,10-13,16H,2,4-5,8-9H2,1H3;2,6H,1,3-5,7-8H2;1-5H,7H2;1H;/q-2;;;;;+3. The van der Waals surface area contributed by atoms with Crippen LogP contribution in [0, 0.1) is 13.5 Å². The van der Waals surface area contributed by atoms with Gasteiger partial charge in [-0.15, -0.1) is 0 Å². The number of nitrogens with zero attached hydrogens (tertiary/aromatic N) is 4. The second-order valence-electron chi connectivity index (χ2n) is 16.4. The monoisotopic (exact) mass is 947 g/mol. The number of para-hydroxylation sites is 2. The van der Waals surface area contributed by atoms with Crippen LogP contribution < -0.4 is 21.7 Å². The van der Waals surface area contributed by atoms with Gasteiger partial charge in [0, 0.05) is 50.1 Å². The summed E-state index contributed by atoms with van der Waals surface area (Å²) < 4.78 is 2.78. The van der Waals surface area contributed by atoms with Crippen LogP contribution in [0.3, 0.4) is 0 Å². The molecular formula is C52H70ClN6PRh+. The van der Waals surface area contributed by atoms with E-state index in [9.17, 15) is 0 Å². The number of allylic oxidation sites excluding steroid dienone is 4. The summed E-state index contributed by atoms with van der Waals surface area (Å²) >= 11 is 2.02. The molecule has 4 aromatic rings. The van der Waals surface area contributed by atoms with Gasteiger partial charge in [0.25, 0.3) is 0 Å². The first-order valence-corrected chi connectivity index (χ1v) is 25.9. The third kappa shape index (κ3) is 16.2. The Morgan fingerprint density at radius 1 is 0.672 bits per heavy atom. The van der Waals surface area contributed by atoms with Gasteiger partial charge in [-0.1, -0.05) is 128 Å². The predicted molar refractivity (Wildman–Crippen MR) is 263 cm³/mol. The van der Waals surface area contributed by atoms with Gasteiger partial charge in [-0.05, 0) is 120 Å². The molecule has 3 unspecified atom stereocenters. The van der Waals surface area contributed by atoms with Crippen molar-refractivity contribution in [3.05, 3.63) is 171 Å². The molecule has 3 N–H and O–H groups in total. The van der Waals surface area contributed by atoms with Gasteiger partial charge in [0.05, 0.1) is 0 Å². The average Bonchev–Trinajstić information content (AvgIpc) is 3.81. The number of hydrogen-bond acceptors (Lipinski definition) is 6. The maximum atomic E-state index is 5.36. The van der Waals surface area contributed by atoms with Crippen molar-refractivity contribution in [2.24, 2.45) is 0 Å². The van der Waals surface area contributed by atoms with Crippen LogP contribution >= 0.6 is 17.8 Å². The zero-order valence-corrected chi connectivity index (χ0v) is 39.8. The van der Waals surface area contributed by atoms with E-state index in [4.69, 9.17) is 5.73 Å². The minimum atomic E-state index is -1.00. The molecular weight excluding hydrogens is 878 g/mol.